The molecule has 0 aliphatic carbocycles. The van der Waals surface area contributed by atoms with Crippen LogP contribution in [-0.4, -0.2) is 25.9 Å². The van der Waals surface area contributed by atoms with Crippen LogP contribution in [0.15, 0.2) is 53.3 Å². The highest BCUT2D eigenvalue weighted by Gasteiger charge is 2.15. The van der Waals surface area contributed by atoms with E-state index in [4.69, 9.17) is 4.74 Å². The second-order valence-electron chi connectivity index (χ2n) is 6.30. The van der Waals surface area contributed by atoms with Gasteiger partial charge >= 0.3 is 5.97 Å². The third-order valence-electron chi connectivity index (χ3n) is 4.26. The third-order valence-corrected chi connectivity index (χ3v) is 4.26. The van der Waals surface area contributed by atoms with Gasteiger partial charge in [0.2, 0.25) is 0 Å². The molecular weight excluding hydrogens is 344 g/mol. The molecule has 4 aromatic rings. The van der Waals surface area contributed by atoms with Gasteiger partial charge in [-0.1, -0.05) is 29.0 Å². The standard InChI is InChI=1S/C20H16N4O3/c1-12-7-8-17-15(9-12)16(10-13(2)21-17)20(26)27-11-24-19(25)14-5-3-4-6-18(14)22-23-24/h3-10H,11H2,1-2H3. The summed E-state index contributed by atoms with van der Waals surface area (Å²) in [5.74, 6) is -0.544. The zero-order valence-corrected chi connectivity index (χ0v) is 14.8. The zero-order chi connectivity index (χ0) is 19.0. The number of fused-ring (bicyclic) bond motifs is 2. The fourth-order valence-corrected chi connectivity index (χ4v) is 2.95. The number of hydrogen-bond acceptors (Lipinski definition) is 6. The number of aryl methyl sites for hydroxylation is 2. The van der Waals surface area contributed by atoms with E-state index in [9.17, 15) is 9.59 Å². The summed E-state index contributed by atoms with van der Waals surface area (Å²) in [6, 6.07) is 14.3. The molecule has 0 atom stereocenters. The molecule has 0 saturated heterocycles. The molecule has 0 unspecified atom stereocenters. The van der Waals surface area contributed by atoms with E-state index in [2.05, 4.69) is 15.3 Å². The van der Waals surface area contributed by atoms with Gasteiger partial charge in [-0.3, -0.25) is 9.78 Å². The van der Waals surface area contributed by atoms with Crippen molar-refractivity contribution in [3.05, 3.63) is 75.7 Å². The van der Waals surface area contributed by atoms with E-state index in [0.29, 0.717) is 27.5 Å². The number of hydrogen-bond donors (Lipinski definition) is 0. The average Bonchev–Trinajstić information content (AvgIpc) is 2.67. The quantitative estimate of drug-likeness (QED) is 0.522. The van der Waals surface area contributed by atoms with Crippen molar-refractivity contribution in [2.45, 2.75) is 20.6 Å². The lowest BCUT2D eigenvalue weighted by molar-refractivity contribution is 0.0338. The average molecular weight is 360 g/mol. The van der Waals surface area contributed by atoms with E-state index in [1.165, 1.54) is 0 Å². The molecule has 4 rings (SSSR count). The van der Waals surface area contributed by atoms with E-state index < -0.39 is 5.97 Å². The Bertz CT molecular complexity index is 1250. The molecule has 0 saturated carbocycles. The predicted molar refractivity (Wildman–Crippen MR) is 100 cm³/mol. The van der Waals surface area contributed by atoms with Crippen molar-refractivity contribution in [1.29, 1.82) is 0 Å². The summed E-state index contributed by atoms with van der Waals surface area (Å²) >= 11 is 0. The first kappa shape index (κ1) is 16.8. The van der Waals surface area contributed by atoms with Crippen LogP contribution in [0.25, 0.3) is 21.8 Å². The van der Waals surface area contributed by atoms with E-state index in [0.717, 1.165) is 15.8 Å². The third kappa shape index (κ3) is 3.15. The highest BCUT2D eigenvalue weighted by Crippen LogP contribution is 2.21. The second kappa shape index (κ2) is 6.60. The minimum Gasteiger partial charge on any atom is -0.439 e. The summed E-state index contributed by atoms with van der Waals surface area (Å²) in [4.78, 5) is 29.5. The highest BCUT2D eigenvalue weighted by atomic mass is 16.5. The van der Waals surface area contributed by atoms with Crippen LogP contribution in [0, 0.1) is 13.8 Å². The molecule has 7 nitrogen and oxygen atoms in total. The Labute approximate surface area is 154 Å². The van der Waals surface area contributed by atoms with E-state index in [1.54, 1.807) is 30.3 Å². The predicted octanol–water partition coefficient (Wildman–Crippen LogP) is 2.77. The number of rotatable bonds is 3. The van der Waals surface area contributed by atoms with Gasteiger partial charge < -0.3 is 4.74 Å². The van der Waals surface area contributed by atoms with Crippen LogP contribution in [0.5, 0.6) is 0 Å². The summed E-state index contributed by atoms with van der Waals surface area (Å²) < 4.78 is 6.37. The van der Waals surface area contributed by atoms with Crippen LogP contribution in [0.4, 0.5) is 0 Å². The Kier molecular flexibility index (Phi) is 4.12. The summed E-state index contributed by atoms with van der Waals surface area (Å²) in [5, 5.41) is 8.94. The minimum absolute atomic E-state index is 0.315. The van der Waals surface area contributed by atoms with Crippen LogP contribution in [0.3, 0.4) is 0 Å². The Morgan fingerprint density at radius 2 is 1.85 bits per heavy atom. The van der Waals surface area contributed by atoms with Crippen LogP contribution in [-0.2, 0) is 11.5 Å². The zero-order valence-electron chi connectivity index (χ0n) is 14.8. The molecule has 0 spiro atoms. The van der Waals surface area contributed by atoms with Gasteiger partial charge in [-0.15, -0.1) is 5.10 Å². The van der Waals surface area contributed by atoms with Gasteiger partial charge in [0.1, 0.15) is 5.52 Å². The van der Waals surface area contributed by atoms with Gasteiger partial charge in [-0.2, -0.15) is 4.68 Å². The number of nitrogens with zero attached hydrogens (tertiary/aromatic N) is 4. The molecule has 0 aliphatic rings. The molecule has 7 heteroatoms. The molecular formula is C20H16N4O3. The van der Waals surface area contributed by atoms with Gasteiger partial charge in [0.15, 0.2) is 6.73 Å². The number of aromatic nitrogens is 4. The van der Waals surface area contributed by atoms with Gasteiger partial charge in [-0.05, 0) is 44.2 Å². The van der Waals surface area contributed by atoms with E-state index >= 15 is 0 Å². The van der Waals surface area contributed by atoms with Crippen molar-refractivity contribution in [1.82, 2.24) is 20.0 Å². The minimum atomic E-state index is -0.544. The largest absolute Gasteiger partial charge is 0.439 e. The molecule has 0 bridgehead atoms. The van der Waals surface area contributed by atoms with Crippen molar-refractivity contribution < 1.29 is 9.53 Å². The molecule has 2 aromatic heterocycles. The van der Waals surface area contributed by atoms with Crippen LogP contribution >= 0.6 is 0 Å². The maximum atomic E-state index is 12.7. The summed E-state index contributed by atoms with van der Waals surface area (Å²) in [6.45, 7) is 3.44. The fraction of sp³-hybridized carbons (Fsp3) is 0.150. The Balaban J connectivity index is 1.66. The summed E-state index contributed by atoms with van der Waals surface area (Å²) in [7, 11) is 0. The van der Waals surface area contributed by atoms with Gasteiger partial charge in [0.25, 0.3) is 5.56 Å². The second-order valence-corrected chi connectivity index (χ2v) is 6.30. The van der Waals surface area contributed by atoms with Crippen molar-refractivity contribution >= 4 is 27.8 Å². The van der Waals surface area contributed by atoms with Gasteiger partial charge in [0, 0.05) is 11.1 Å². The van der Waals surface area contributed by atoms with Crippen LogP contribution in [0.2, 0.25) is 0 Å². The summed E-state index contributed by atoms with van der Waals surface area (Å²) in [5.41, 5.74) is 2.98. The Morgan fingerprint density at radius 3 is 2.70 bits per heavy atom. The molecule has 0 amide bonds. The molecule has 2 aromatic carbocycles. The topological polar surface area (TPSA) is 87.0 Å². The molecule has 134 valence electrons. The molecule has 0 fully saturated rings. The number of carbonyl (C=O) groups is 1. The lowest BCUT2D eigenvalue weighted by Crippen LogP contribution is -2.26. The van der Waals surface area contributed by atoms with Crippen molar-refractivity contribution in [2.24, 2.45) is 0 Å². The summed E-state index contributed by atoms with van der Waals surface area (Å²) in [6.07, 6.45) is 0. The number of carbonyl (C=O) groups excluding carboxylic acids is 1. The highest BCUT2D eigenvalue weighted by molar-refractivity contribution is 6.03. The van der Waals surface area contributed by atoms with E-state index in [-0.39, 0.29) is 12.3 Å². The fourth-order valence-electron chi connectivity index (χ4n) is 2.95. The molecule has 0 radical (unpaired) electrons. The molecule has 2 heterocycles. The number of ether oxygens (including phenoxy) is 1. The monoisotopic (exact) mass is 360 g/mol. The smallest absolute Gasteiger partial charge is 0.340 e. The first-order valence-corrected chi connectivity index (χ1v) is 8.40. The maximum Gasteiger partial charge on any atom is 0.340 e. The number of pyridine rings is 1. The SMILES string of the molecule is Cc1ccc2nc(C)cc(C(=O)OCn3nnc4ccccc4c3=O)c2c1. The first-order valence-electron chi connectivity index (χ1n) is 8.40. The maximum absolute atomic E-state index is 12.7. The normalized spacial score (nSPS) is 11.0. The Morgan fingerprint density at radius 1 is 1.04 bits per heavy atom. The van der Waals surface area contributed by atoms with Crippen molar-refractivity contribution in [3.63, 3.8) is 0 Å². The Hall–Kier alpha value is -3.61. The number of esters is 1. The molecule has 0 N–H and O–H groups in total. The first-order chi connectivity index (χ1) is 13.0. The molecule has 27 heavy (non-hydrogen) atoms. The van der Waals surface area contributed by atoms with Gasteiger partial charge in [-0.25, -0.2) is 4.79 Å². The van der Waals surface area contributed by atoms with Crippen molar-refractivity contribution in [2.75, 3.05) is 0 Å². The van der Waals surface area contributed by atoms with Crippen molar-refractivity contribution in [3.8, 4) is 0 Å². The lowest BCUT2D eigenvalue weighted by atomic mass is 10.1. The number of benzene rings is 2. The van der Waals surface area contributed by atoms with Crippen LogP contribution < -0.4 is 5.56 Å². The lowest BCUT2D eigenvalue weighted by Gasteiger charge is -2.10. The van der Waals surface area contributed by atoms with Gasteiger partial charge in [0.05, 0.1) is 16.5 Å². The van der Waals surface area contributed by atoms with E-state index in [1.807, 2.05) is 32.0 Å². The van der Waals surface area contributed by atoms with Crippen LogP contribution in [0.1, 0.15) is 21.6 Å². The molecule has 0 aliphatic heterocycles.